The Morgan fingerprint density at radius 2 is 1.30 bits per heavy atom. The van der Waals surface area contributed by atoms with E-state index in [1.807, 2.05) is 60.7 Å². The minimum absolute atomic E-state index is 0.119. The molecule has 0 amide bonds. The topological polar surface area (TPSA) is 26.3 Å². The van der Waals surface area contributed by atoms with Crippen molar-refractivity contribution >= 4 is 29.8 Å². The van der Waals surface area contributed by atoms with Crippen molar-refractivity contribution in [3.05, 3.63) is 104 Å². The van der Waals surface area contributed by atoms with Gasteiger partial charge in [0.15, 0.2) is 0 Å². The van der Waals surface area contributed by atoms with Crippen LogP contribution in [-0.4, -0.2) is 14.3 Å². The van der Waals surface area contributed by atoms with E-state index in [9.17, 15) is 4.79 Å². The van der Waals surface area contributed by atoms with E-state index in [4.69, 9.17) is 4.43 Å². The largest absolute Gasteiger partial charge is 0.505 e. The molecule has 1 unspecified atom stereocenters. The normalized spacial score (nSPS) is 12.2. The van der Waals surface area contributed by atoms with Crippen LogP contribution in [0.1, 0.15) is 32.6 Å². The first-order valence-corrected chi connectivity index (χ1v) is 12.6. The lowest BCUT2D eigenvalue weighted by atomic mass is 9.99. The fourth-order valence-corrected chi connectivity index (χ4v) is 7.72. The average molecular weight is 415 g/mol. The summed E-state index contributed by atoms with van der Waals surface area (Å²) in [6.45, 7) is 6.01. The molecule has 0 aliphatic carbocycles. The molecule has 0 fully saturated rings. The lowest BCUT2D eigenvalue weighted by molar-refractivity contribution is -0.139. The molecule has 2 nitrogen and oxygen atoms in total. The fraction of sp³-hybridized carbons (Fsp3) is 0.222. The van der Waals surface area contributed by atoms with Crippen LogP contribution in [0, 0.1) is 5.92 Å². The maximum absolute atomic E-state index is 13.5. The van der Waals surface area contributed by atoms with Gasteiger partial charge in [-0.15, -0.1) is 6.58 Å². The highest BCUT2D eigenvalue weighted by Gasteiger charge is 2.46. The molecule has 0 saturated heterocycles. The zero-order valence-electron chi connectivity index (χ0n) is 17.7. The molecule has 0 aromatic heterocycles. The van der Waals surface area contributed by atoms with Crippen molar-refractivity contribution in [3.8, 4) is 0 Å². The van der Waals surface area contributed by atoms with Crippen molar-refractivity contribution in [2.45, 2.75) is 32.6 Å². The molecular weight excluding hydrogens is 384 g/mol. The predicted molar refractivity (Wildman–Crippen MR) is 128 cm³/mol. The molecule has 0 saturated carbocycles. The third kappa shape index (κ3) is 4.80. The van der Waals surface area contributed by atoms with Crippen LogP contribution in [0.2, 0.25) is 0 Å². The summed E-state index contributed by atoms with van der Waals surface area (Å²) in [7, 11) is -3.00. The summed E-state index contributed by atoms with van der Waals surface area (Å²) in [5, 5.41) is 3.22. The third-order valence-corrected chi connectivity index (χ3v) is 9.43. The molecule has 0 radical (unpaired) electrons. The van der Waals surface area contributed by atoms with E-state index in [1.165, 1.54) is 0 Å². The molecule has 3 heteroatoms. The van der Waals surface area contributed by atoms with Crippen LogP contribution in [-0.2, 0) is 9.22 Å². The number of unbranched alkanes of at least 4 members (excludes halogenated alkanes) is 1. The lowest BCUT2D eigenvalue weighted by Crippen LogP contribution is -2.70. The second-order valence-electron chi connectivity index (χ2n) is 7.56. The quantitative estimate of drug-likeness (QED) is 0.276. The van der Waals surface area contributed by atoms with Gasteiger partial charge < -0.3 is 4.43 Å². The summed E-state index contributed by atoms with van der Waals surface area (Å²) in [5.41, 5.74) is 0. The molecule has 30 heavy (non-hydrogen) atoms. The van der Waals surface area contributed by atoms with Gasteiger partial charge in [0.05, 0.1) is 5.92 Å². The second-order valence-corrected chi connectivity index (χ2v) is 10.9. The summed E-state index contributed by atoms with van der Waals surface area (Å²) in [5.74, 6) is -0.281. The number of rotatable bonds is 10. The first kappa shape index (κ1) is 21.8. The first-order valence-electron chi connectivity index (χ1n) is 10.7. The Morgan fingerprint density at radius 3 is 1.67 bits per heavy atom. The van der Waals surface area contributed by atoms with Crippen molar-refractivity contribution in [1.29, 1.82) is 0 Å². The van der Waals surface area contributed by atoms with Gasteiger partial charge in [0.1, 0.15) is 0 Å². The number of allylic oxidation sites excluding steroid dienone is 1. The zero-order valence-corrected chi connectivity index (χ0v) is 18.7. The third-order valence-electron chi connectivity index (χ3n) is 5.49. The van der Waals surface area contributed by atoms with Gasteiger partial charge in [-0.2, -0.15) is 0 Å². The molecule has 3 aromatic carbocycles. The van der Waals surface area contributed by atoms with Gasteiger partial charge in [-0.25, -0.2) is 0 Å². The van der Waals surface area contributed by atoms with E-state index >= 15 is 0 Å². The summed E-state index contributed by atoms with van der Waals surface area (Å²) >= 11 is 0. The molecule has 0 N–H and O–H groups in total. The molecule has 0 spiro atoms. The highest BCUT2D eigenvalue weighted by molar-refractivity contribution is 7.07. The Labute approximate surface area is 181 Å². The maximum Gasteiger partial charge on any atom is 0.350 e. The zero-order chi connectivity index (χ0) is 21.2. The van der Waals surface area contributed by atoms with Crippen molar-refractivity contribution in [2.75, 3.05) is 0 Å². The van der Waals surface area contributed by atoms with Crippen molar-refractivity contribution in [1.82, 2.24) is 0 Å². The van der Waals surface area contributed by atoms with E-state index in [2.05, 4.69) is 49.9 Å². The Hall–Kier alpha value is -2.91. The van der Waals surface area contributed by atoms with E-state index in [0.29, 0.717) is 6.42 Å². The van der Waals surface area contributed by atoms with Crippen LogP contribution in [0.4, 0.5) is 0 Å². The molecule has 0 aliphatic rings. The Balaban J connectivity index is 2.16. The molecule has 154 valence electrons. The highest BCUT2D eigenvalue weighted by atomic mass is 28.4. The van der Waals surface area contributed by atoms with Crippen LogP contribution in [0.5, 0.6) is 0 Å². The summed E-state index contributed by atoms with van der Waals surface area (Å²) in [6.07, 6.45) is 5.36. The monoisotopic (exact) mass is 414 g/mol. The van der Waals surface area contributed by atoms with Gasteiger partial charge >= 0.3 is 8.32 Å². The van der Waals surface area contributed by atoms with E-state index in [0.717, 1.165) is 34.8 Å². The summed E-state index contributed by atoms with van der Waals surface area (Å²) in [4.78, 5) is 13.5. The highest BCUT2D eigenvalue weighted by Crippen LogP contribution is 2.19. The predicted octanol–water partition coefficient (Wildman–Crippen LogP) is 4.58. The van der Waals surface area contributed by atoms with Gasteiger partial charge in [0.2, 0.25) is 0 Å². The minimum atomic E-state index is -3.00. The van der Waals surface area contributed by atoms with Crippen LogP contribution in [0.15, 0.2) is 104 Å². The van der Waals surface area contributed by atoms with Gasteiger partial charge in [-0.3, -0.25) is 4.79 Å². The smallest absolute Gasteiger partial charge is 0.350 e. The number of carbonyl (C=O) groups is 1. The molecular formula is C27H30O2Si. The van der Waals surface area contributed by atoms with E-state index < -0.39 is 8.32 Å². The number of hydrogen-bond acceptors (Lipinski definition) is 2. The van der Waals surface area contributed by atoms with Gasteiger partial charge in [-0.1, -0.05) is 117 Å². The standard InChI is InChI=1S/C27H30O2Si/c1-3-5-16-23(15-4-2)27(28)29-30(24-17-9-6-10-18-24,25-19-11-7-12-20-25)26-21-13-8-14-22-26/h4,6-14,17-23H,2-3,5,15-16H2,1H3. The molecule has 3 rings (SSSR count). The van der Waals surface area contributed by atoms with Gasteiger partial charge in [-0.05, 0) is 28.4 Å². The number of carbonyl (C=O) groups excluding carboxylic acids is 1. The van der Waals surface area contributed by atoms with Crippen LogP contribution in [0.3, 0.4) is 0 Å². The van der Waals surface area contributed by atoms with Crippen molar-refractivity contribution in [2.24, 2.45) is 5.92 Å². The fourth-order valence-electron chi connectivity index (χ4n) is 3.91. The molecule has 0 heterocycles. The van der Waals surface area contributed by atoms with Gasteiger partial charge in [0.25, 0.3) is 5.97 Å². The van der Waals surface area contributed by atoms with Crippen LogP contribution >= 0.6 is 0 Å². The molecule has 3 aromatic rings. The number of hydrogen-bond donors (Lipinski definition) is 0. The average Bonchev–Trinajstić information content (AvgIpc) is 2.82. The molecule has 1 atom stereocenters. The second kappa shape index (κ2) is 10.7. The number of benzene rings is 3. The van der Waals surface area contributed by atoms with Crippen LogP contribution in [0.25, 0.3) is 0 Å². The van der Waals surface area contributed by atoms with Crippen molar-refractivity contribution < 1.29 is 9.22 Å². The molecule has 0 aliphatic heterocycles. The maximum atomic E-state index is 13.5. The summed E-state index contributed by atoms with van der Waals surface area (Å²) < 4.78 is 6.66. The van der Waals surface area contributed by atoms with Crippen molar-refractivity contribution in [3.63, 3.8) is 0 Å². The Bertz CT molecular complexity index is 826. The Kier molecular flexibility index (Phi) is 7.80. The molecule has 0 bridgehead atoms. The minimum Gasteiger partial charge on any atom is -0.505 e. The van der Waals surface area contributed by atoms with E-state index in [-0.39, 0.29) is 11.9 Å². The SMILES string of the molecule is C=CCC(CCCC)C(=O)O[Si](c1ccccc1)(c1ccccc1)c1ccccc1. The van der Waals surface area contributed by atoms with Gasteiger partial charge in [0, 0.05) is 0 Å². The first-order chi connectivity index (χ1) is 14.7. The van der Waals surface area contributed by atoms with E-state index in [1.54, 1.807) is 0 Å². The summed E-state index contributed by atoms with van der Waals surface area (Å²) in [6, 6.07) is 30.7. The lowest BCUT2D eigenvalue weighted by Gasteiger charge is -2.33. The van der Waals surface area contributed by atoms with Crippen LogP contribution < -0.4 is 15.6 Å². The Morgan fingerprint density at radius 1 is 0.867 bits per heavy atom.